The Hall–Kier alpha value is -2.63. The van der Waals surface area contributed by atoms with Gasteiger partial charge in [-0.3, -0.25) is 14.6 Å². The average Bonchev–Trinajstić information content (AvgIpc) is 2.98. The first-order valence-corrected chi connectivity index (χ1v) is 7.70. The van der Waals surface area contributed by atoms with Crippen molar-refractivity contribution in [1.29, 1.82) is 0 Å². The normalized spacial score (nSPS) is 15.3. The van der Waals surface area contributed by atoms with Crippen LogP contribution in [0.2, 0.25) is 0 Å². The van der Waals surface area contributed by atoms with Gasteiger partial charge < -0.3 is 14.2 Å². The second-order valence-corrected chi connectivity index (χ2v) is 5.55. The quantitative estimate of drug-likeness (QED) is 0.850. The second kappa shape index (κ2) is 6.64. The van der Waals surface area contributed by atoms with E-state index in [1.807, 2.05) is 6.92 Å². The molecule has 0 N–H and O–H groups in total. The lowest BCUT2D eigenvalue weighted by molar-refractivity contribution is 0.0699. The van der Waals surface area contributed by atoms with Gasteiger partial charge in [-0.1, -0.05) is 0 Å². The van der Waals surface area contributed by atoms with Crippen LogP contribution in [0.25, 0.3) is 0 Å². The summed E-state index contributed by atoms with van der Waals surface area (Å²) in [5.74, 6) is 0.192. The van der Waals surface area contributed by atoms with Gasteiger partial charge in [-0.2, -0.15) is 0 Å². The van der Waals surface area contributed by atoms with Crippen LogP contribution in [-0.4, -0.2) is 52.8 Å². The molecule has 0 bridgehead atoms. The minimum absolute atomic E-state index is 0.0251. The van der Waals surface area contributed by atoms with Crippen LogP contribution in [0.15, 0.2) is 41.1 Å². The minimum atomic E-state index is -0.123. The highest BCUT2D eigenvalue weighted by Crippen LogP contribution is 2.13. The van der Waals surface area contributed by atoms with Crippen molar-refractivity contribution in [3.63, 3.8) is 0 Å². The number of pyridine rings is 1. The number of aryl methyl sites for hydroxylation is 1. The highest BCUT2D eigenvalue weighted by atomic mass is 16.3. The summed E-state index contributed by atoms with van der Waals surface area (Å²) < 4.78 is 5.17. The molecule has 0 aliphatic carbocycles. The lowest BCUT2D eigenvalue weighted by Crippen LogP contribution is -2.37. The van der Waals surface area contributed by atoms with Gasteiger partial charge in [-0.15, -0.1) is 0 Å². The Morgan fingerprint density at radius 2 is 1.78 bits per heavy atom. The number of furan rings is 1. The fraction of sp³-hybridized carbons (Fsp3) is 0.353. The minimum Gasteiger partial charge on any atom is -0.459 e. The van der Waals surface area contributed by atoms with Crippen molar-refractivity contribution in [2.45, 2.75) is 13.3 Å². The summed E-state index contributed by atoms with van der Waals surface area (Å²) in [5.41, 5.74) is 1.35. The molecule has 23 heavy (non-hydrogen) atoms. The highest BCUT2D eigenvalue weighted by molar-refractivity contribution is 5.95. The molecule has 0 spiro atoms. The SMILES string of the molecule is Cc1ncccc1C(=O)N1CCCN(C(=O)c2ccco2)CC1. The van der Waals surface area contributed by atoms with Crippen LogP contribution in [0, 0.1) is 6.92 Å². The van der Waals surface area contributed by atoms with Gasteiger partial charge in [0.05, 0.1) is 11.8 Å². The Bertz CT molecular complexity index is 697. The van der Waals surface area contributed by atoms with Gasteiger partial charge in [0.2, 0.25) is 0 Å². The van der Waals surface area contributed by atoms with Crippen molar-refractivity contribution in [2.75, 3.05) is 26.2 Å². The van der Waals surface area contributed by atoms with E-state index in [1.54, 1.807) is 40.3 Å². The van der Waals surface area contributed by atoms with Crippen LogP contribution < -0.4 is 0 Å². The standard InChI is InChI=1S/C17H19N3O3/c1-13-14(5-2-7-18-13)16(21)19-8-4-9-20(11-10-19)17(22)15-6-3-12-23-15/h2-3,5-7,12H,4,8-11H2,1H3. The Morgan fingerprint density at radius 1 is 1.04 bits per heavy atom. The van der Waals surface area contributed by atoms with Crippen LogP contribution in [0.3, 0.4) is 0 Å². The zero-order chi connectivity index (χ0) is 16.2. The van der Waals surface area contributed by atoms with Gasteiger partial charge >= 0.3 is 0 Å². The zero-order valence-electron chi connectivity index (χ0n) is 13.1. The largest absolute Gasteiger partial charge is 0.459 e. The first-order valence-electron chi connectivity index (χ1n) is 7.70. The van der Waals surface area contributed by atoms with Crippen LogP contribution in [-0.2, 0) is 0 Å². The number of rotatable bonds is 2. The van der Waals surface area contributed by atoms with Gasteiger partial charge in [0.15, 0.2) is 5.76 Å². The zero-order valence-corrected chi connectivity index (χ0v) is 13.1. The molecule has 0 radical (unpaired) electrons. The van der Waals surface area contributed by atoms with Crippen LogP contribution in [0.4, 0.5) is 0 Å². The molecule has 0 saturated carbocycles. The Kier molecular flexibility index (Phi) is 4.41. The molecule has 120 valence electrons. The van der Waals surface area contributed by atoms with Crippen molar-refractivity contribution in [3.8, 4) is 0 Å². The predicted octanol–water partition coefficient (Wildman–Crippen LogP) is 1.97. The van der Waals surface area contributed by atoms with Gasteiger partial charge in [-0.25, -0.2) is 0 Å². The average molecular weight is 313 g/mol. The number of carbonyl (C=O) groups excluding carboxylic acids is 2. The second-order valence-electron chi connectivity index (χ2n) is 5.55. The Balaban J connectivity index is 1.68. The van der Waals surface area contributed by atoms with Crippen molar-refractivity contribution < 1.29 is 14.0 Å². The number of hydrogen-bond donors (Lipinski definition) is 0. The van der Waals surface area contributed by atoms with Crippen molar-refractivity contribution in [2.24, 2.45) is 0 Å². The molecular formula is C17H19N3O3. The smallest absolute Gasteiger partial charge is 0.289 e. The molecular weight excluding hydrogens is 294 g/mol. The van der Waals surface area contributed by atoms with Crippen molar-refractivity contribution in [1.82, 2.24) is 14.8 Å². The van der Waals surface area contributed by atoms with Gasteiger partial charge in [0.1, 0.15) is 0 Å². The molecule has 1 fully saturated rings. The van der Waals surface area contributed by atoms with E-state index in [2.05, 4.69) is 4.98 Å². The van der Waals surface area contributed by atoms with Crippen molar-refractivity contribution >= 4 is 11.8 Å². The first kappa shape index (κ1) is 15.3. The number of carbonyl (C=O) groups is 2. The lowest BCUT2D eigenvalue weighted by atomic mass is 10.2. The number of aromatic nitrogens is 1. The maximum absolute atomic E-state index is 12.6. The van der Waals surface area contributed by atoms with E-state index in [0.29, 0.717) is 37.5 Å². The fourth-order valence-corrected chi connectivity index (χ4v) is 2.76. The Labute approximate surface area is 134 Å². The third-order valence-corrected chi connectivity index (χ3v) is 4.04. The van der Waals surface area contributed by atoms with E-state index < -0.39 is 0 Å². The van der Waals surface area contributed by atoms with Gasteiger partial charge in [-0.05, 0) is 37.6 Å². The topological polar surface area (TPSA) is 66.7 Å². The van der Waals surface area contributed by atoms with E-state index in [1.165, 1.54) is 6.26 Å². The van der Waals surface area contributed by atoms with E-state index in [-0.39, 0.29) is 11.8 Å². The van der Waals surface area contributed by atoms with E-state index in [0.717, 1.165) is 12.1 Å². The molecule has 0 atom stereocenters. The predicted molar refractivity (Wildman–Crippen MR) is 84.1 cm³/mol. The molecule has 1 saturated heterocycles. The molecule has 2 amide bonds. The summed E-state index contributed by atoms with van der Waals surface area (Å²) in [7, 11) is 0. The highest BCUT2D eigenvalue weighted by Gasteiger charge is 2.25. The summed E-state index contributed by atoms with van der Waals surface area (Å²) in [6.45, 7) is 4.10. The maximum atomic E-state index is 12.6. The number of nitrogens with zero attached hydrogens (tertiary/aromatic N) is 3. The molecule has 6 heteroatoms. The molecule has 6 nitrogen and oxygen atoms in total. The molecule has 3 heterocycles. The summed E-state index contributed by atoms with van der Waals surface area (Å²) in [4.78, 5) is 32.7. The Morgan fingerprint density at radius 3 is 2.43 bits per heavy atom. The van der Waals surface area contributed by atoms with E-state index in [4.69, 9.17) is 4.42 Å². The third-order valence-electron chi connectivity index (χ3n) is 4.04. The first-order chi connectivity index (χ1) is 11.2. The van der Waals surface area contributed by atoms with Crippen LogP contribution in [0.5, 0.6) is 0 Å². The molecule has 0 unspecified atom stereocenters. The summed E-state index contributed by atoms with van der Waals surface area (Å²) in [6, 6.07) is 6.92. The van der Waals surface area contributed by atoms with Gasteiger partial charge in [0.25, 0.3) is 11.8 Å². The van der Waals surface area contributed by atoms with Gasteiger partial charge in [0, 0.05) is 38.1 Å². The third kappa shape index (κ3) is 3.26. The van der Waals surface area contributed by atoms with E-state index >= 15 is 0 Å². The summed E-state index contributed by atoms with van der Waals surface area (Å²) in [6.07, 6.45) is 3.92. The molecule has 1 aliphatic heterocycles. The number of hydrogen-bond acceptors (Lipinski definition) is 4. The van der Waals surface area contributed by atoms with E-state index in [9.17, 15) is 9.59 Å². The van der Waals surface area contributed by atoms with Crippen molar-refractivity contribution in [3.05, 3.63) is 53.7 Å². The lowest BCUT2D eigenvalue weighted by Gasteiger charge is -2.22. The van der Waals surface area contributed by atoms with Crippen LogP contribution >= 0.6 is 0 Å². The number of amides is 2. The maximum Gasteiger partial charge on any atom is 0.289 e. The molecule has 2 aromatic rings. The summed E-state index contributed by atoms with van der Waals surface area (Å²) in [5, 5.41) is 0. The molecule has 2 aromatic heterocycles. The molecule has 0 aromatic carbocycles. The molecule has 3 rings (SSSR count). The van der Waals surface area contributed by atoms with Crippen LogP contribution in [0.1, 0.15) is 33.0 Å². The monoisotopic (exact) mass is 313 g/mol. The fourth-order valence-electron chi connectivity index (χ4n) is 2.76. The molecule has 1 aliphatic rings. The summed E-state index contributed by atoms with van der Waals surface area (Å²) >= 11 is 0.